The lowest BCUT2D eigenvalue weighted by atomic mass is 9.72. The quantitative estimate of drug-likeness (QED) is 0.761. The first kappa shape index (κ1) is 12.3. The third-order valence-electron chi connectivity index (χ3n) is 4.82. The lowest BCUT2D eigenvalue weighted by molar-refractivity contribution is 0.0866. The van der Waals surface area contributed by atoms with Gasteiger partial charge in [-0.1, -0.05) is 26.7 Å². The third-order valence-corrected chi connectivity index (χ3v) is 4.82. The molecule has 2 heteroatoms. The highest BCUT2D eigenvalue weighted by atomic mass is 19.1. The lowest BCUT2D eigenvalue weighted by Gasteiger charge is -2.37. The van der Waals surface area contributed by atoms with Crippen molar-refractivity contribution in [3.05, 3.63) is 0 Å². The highest BCUT2D eigenvalue weighted by molar-refractivity contribution is 4.88. The van der Waals surface area contributed by atoms with Gasteiger partial charge < -0.3 is 5.32 Å². The van der Waals surface area contributed by atoms with Gasteiger partial charge in [0.15, 0.2) is 0 Å². The van der Waals surface area contributed by atoms with E-state index in [0.29, 0.717) is 11.8 Å². The zero-order valence-electron chi connectivity index (χ0n) is 10.7. The summed E-state index contributed by atoms with van der Waals surface area (Å²) in [6.45, 7) is 5.62. The van der Waals surface area contributed by atoms with Gasteiger partial charge in [0.05, 0.1) is 0 Å². The SMILES string of the molecule is CC1CCC(C(F)C2CCCCN2)CC1C. The van der Waals surface area contributed by atoms with E-state index in [1.54, 1.807) is 0 Å². The predicted octanol–water partition coefficient (Wildman–Crippen LogP) is 3.54. The molecule has 2 rings (SSSR count). The van der Waals surface area contributed by atoms with Gasteiger partial charge in [0, 0.05) is 6.04 Å². The van der Waals surface area contributed by atoms with E-state index < -0.39 is 6.17 Å². The van der Waals surface area contributed by atoms with Crippen molar-refractivity contribution < 1.29 is 4.39 Å². The van der Waals surface area contributed by atoms with E-state index in [9.17, 15) is 4.39 Å². The average molecular weight is 227 g/mol. The van der Waals surface area contributed by atoms with Crippen LogP contribution in [0.25, 0.3) is 0 Å². The molecule has 16 heavy (non-hydrogen) atoms. The molecular weight excluding hydrogens is 201 g/mol. The van der Waals surface area contributed by atoms with Crippen LogP contribution in [0, 0.1) is 17.8 Å². The van der Waals surface area contributed by atoms with E-state index in [1.165, 1.54) is 19.3 Å². The Bertz CT molecular complexity index is 213. The zero-order valence-corrected chi connectivity index (χ0v) is 10.7. The second-order valence-electron chi connectivity index (χ2n) is 6.03. The summed E-state index contributed by atoms with van der Waals surface area (Å²) in [4.78, 5) is 0. The number of hydrogen-bond donors (Lipinski definition) is 1. The standard InChI is InChI=1S/C14H26FN/c1-10-6-7-12(9-11(10)2)14(15)13-5-3-4-8-16-13/h10-14,16H,3-9H2,1-2H3. The molecule has 1 heterocycles. The summed E-state index contributed by atoms with van der Waals surface area (Å²) < 4.78 is 14.4. The Kier molecular flexibility index (Phi) is 4.23. The van der Waals surface area contributed by atoms with Gasteiger partial charge in [-0.2, -0.15) is 0 Å². The van der Waals surface area contributed by atoms with E-state index >= 15 is 0 Å². The Morgan fingerprint density at radius 3 is 2.50 bits per heavy atom. The van der Waals surface area contributed by atoms with Gasteiger partial charge in [0.25, 0.3) is 0 Å². The van der Waals surface area contributed by atoms with Crippen LogP contribution in [0.2, 0.25) is 0 Å². The molecular formula is C14H26FN. The molecule has 0 amide bonds. The molecule has 0 bridgehead atoms. The molecule has 5 atom stereocenters. The molecule has 0 aromatic carbocycles. The number of rotatable bonds is 2. The molecule has 2 aliphatic rings. The average Bonchev–Trinajstić information content (AvgIpc) is 2.33. The second-order valence-corrected chi connectivity index (χ2v) is 6.03. The van der Waals surface area contributed by atoms with Gasteiger partial charge in [0.1, 0.15) is 6.17 Å². The van der Waals surface area contributed by atoms with Gasteiger partial charge in [0.2, 0.25) is 0 Å². The van der Waals surface area contributed by atoms with Crippen LogP contribution in [0.3, 0.4) is 0 Å². The fourth-order valence-corrected chi connectivity index (χ4v) is 3.36. The van der Waals surface area contributed by atoms with Crippen molar-refractivity contribution in [3.8, 4) is 0 Å². The van der Waals surface area contributed by atoms with Crippen molar-refractivity contribution >= 4 is 0 Å². The van der Waals surface area contributed by atoms with Crippen LogP contribution in [-0.4, -0.2) is 18.8 Å². The summed E-state index contributed by atoms with van der Waals surface area (Å²) in [5.74, 6) is 1.82. The van der Waals surface area contributed by atoms with E-state index in [-0.39, 0.29) is 6.04 Å². The van der Waals surface area contributed by atoms with Crippen molar-refractivity contribution in [2.45, 2.75) is 64.6 Å². The topological polar surface area (TPSA) is 12.0 Å². The number of halogens is 1. The molecule has 94 valence electrons. The first-order valence-electron chi connectivity index (χ1n) is 7.06. The van der Waals surface area contributed by atoms with Gasteiger partial charge in [-0.3, -0.25) is 0 Å². The van der Waals surface area contributed by atoms with Crippen molar-refractivity contribution in [1.29, 1.82) is 0 Å². The van der Waals surface area contributed by atoms with Crippen molar-refractivity contribution in [1.82, 2.24) is 5.32 Å². The van der Waals surface area contributed by atoms with Crippen LogP contribution in [0.1, 0.15) is 52.4 Å². The van der Waals surface area contributed by atoms with Crippen LogP contribution in [0.15, 0.2) is 0 Å². The molecule has 1 nitrogen and oxygen atoms in total. The van der Waals surface area contributed by atoms with E-state index in [0.717, 1.165) is 31.7 Å². The van der Waals surface area contributed by atoms with Gasteiger partial charge >= 0.3 is 0 Å². The number of hydrogen-bond acceptors (Lipinski definition) is 1. The molecule has 1 N–H and O–H groups in total. The van der Waals surface area contributed by atoms with Crippen LogP contribution in [0.5, 0.6) is 0 Å². The highest BCUT2D eigenvalue weighted by Gasteiger charge is 2.34. The molecule has 5 unspecified atom stereocenters. The van der Waals surface area contributed by atoms with Crippen molar-refractivity contribution in [3.63, 3.8) is 0 Å². The smallest absolute Gasteiger partial charge is 0.118 e. The first-order chi connectivity index (χ1) is 7.68. The van der Waals surface area contributed by atoms with E-state index in [4.69, 9.17) is 0 Å². The first-order valence-corrected chi connectivity index (χ1v) is 7.06. The summed E-state index contributed by atoms with van der Waals surface area (Å²) in [7, 11) is 0. The molecule has 1 saturated heterocycles. The van der Waals surface area contributed by atoms with Gasteiger partial charge in [-0.25, -0.2) is 4.39 Å². The van der Waals surface area contributed by atoms with Crippen LogP contribution in [0.4, 0.5) is 4.39 Å². The maximum atomic E-state index is 14.4. The third kappa shape index (κ3) is 2.77. The Morgan fingerprint density at radius 1 is 1.06 bits per heavy atom. The largest absolute Gasteiger partial charge is 0.311 e. The molecule has 0 spiro atoms. The molecule has 2 fully saturated rings. The van der Waals surface area contributed by atoms with Gasteiger partial charge in [-0.05, 0) is 50.0 Å². The number of piperidine rings is 1. The van der Waals surface area contributed by atoms with Crippen molar-refractivity contribution in [2.75, 3.05) is 6.54 Å². The Morgan fingerprint density at radius 2 is 1.88 bits per heavy atom. The molecule has 0 aromatic heterocycles. The fraction of sp³-hybridized carbons (Fsp3) is 1.00. The zero-order chi connectivity index (χ0) is 11.5. The fourth-order valence-electron chi connectivity index (χ4n) is 3.36. The number of nitrogens with one attached hydrogen (secondary N) is 1. The minimum absolute atomic E-state index is 0.152. The maximum Gasteiger partial charge on any atom is 0.118 e. The summed E-state index contributed by atoms with van der Waals surface area (Å²) in [6, 6.07) is 0.152. The molecule has 0 aromatic rings. The summed E-state index contributed by atoms with van der Waals surface area (Å²) in [6.07, 6.45) is 6.29. The Labute approximate surface area is 99.2 Å². The highest BCUT2D eigenvalue weighted by Crippen LogP contribution is 2.37. The molecule has 1 saturated carbocycles. The predicted molar refractivity (Wildman–Crippen MR) is 66.2 cm³/mol. The second kappa shape index (κ2) is 5.48. The van der Waals surface area contributed by atoms with E-state index in [1.807, 2.05) is 0 Å². The minimum atomic E-state index is -0.602. The molecule has 1 aliphatic carbocycles. The van der Waals surface area contributed by atoms with Crippen LogP contribution >= 0.6 is 0 Å². The Balaban J connectivity index is 1.86. The molecule has 0 radical (unpaired) electrons. The number of alkyl halides is 1. The summed E-state index contributed by atoms with van der Waals surface area (Å²) in [5, 5.41) is 3.37. The van der Waals surface area contributed by atoms with Crippen molar-refractivity contribution in [2.24, 2.45) is 17.8 Å². The lowest BCUT2D eigenvalue weighted by Crippen LogP contribution is -2.45. The Hall–Kier alpha value is -0.110. The summed E-state index contributed by atoms with van der Waals surface area (Å²) >= 11 is 0. The normalized spacial score (nSPS) is 42.9. The van der Waals surface area contributed by atoms with E-state index in [2.05, 4.69) is 19.2 Å². The minimum Gasteiger partial charge on any atom is -0.311 e. The molecule has 1 aliphatic heterocycles. The van der Waals surface area contributed by atoms with Crippen LogP contribution < -0.4 is 5.32 Å². The van der Waals surface area contributed by atoms with Gasteiger partial charge in [-0.15, -0.1) is 0 Å². The van der Waals surface area contributed by atoms with Crippen LogP contribution in [-0.2, 0) is 0 Å². The summed E-state index contributed by atoms with van der Waals surface area (Å²) in [5.41, 5.74) is 0. The monoisotopic (exact) mass is 227 g/mol. The maximum absolute atomic E-state index is 14.4.